The molecule has 1 amide bonds. The Hall–Kier alpha value is -1.37. The maximum Gasteiger partial charge on any atom is 0.317 e. The average molecular weight is 339 g/mol. The zero-order valence-corrected chi connectivity index (χ0v) is 13.0. The third kappa shape index (κ3) is 7.27. The molecule has 0 saturated carbocycles. The molecular weight excluding hydrogens is 322 g/mol. The smallest absolute Gasteiger partial charge is 0.317 e. The molecule has 1 rings (SSSR count). The molecule has 118 valence electrons. The van der Waals surface area contributed by atoms with Crippen molar-refractivity contribution in [1.29, 1.82) is 0 Å². The topological polar surface area (TPSA) is 69.6 Å². The molecule has 0 aliphatic heterocycles. The van der Waals surface area contributed by atoms with Gasteiger partial charge in [-0.25, -0.2) is 4.39 Å². The van der Waals surface area contributed by atoms with Gasteiger partial charge in [0.1, 0.15) is 5.82 Å². The van der Waals surface area contributed by atoms with Crippen molar-refractivity contribution < 1.29 is 19.1 Å². The molecule has 5 nitrogen and oxygen atoms in total. The molecule has 0 aliphatic carbocycles. The summed E-state index contributed by atoms with van der Waals surface area (Å²) in [6.45, 7) is 2.15. The Morgan fingerprint density at radius 1 is 1.38 bits per heavy atom. The summed E-state index contributed by atoms with van der Waals surface area (Å²) in [5.41, 5.74) is 0.369. The van der Waals surface area contributed by atoms with Gasteiger partial charge < -0.3 is 10.4 Å². The fraction of sp³-hybridized carbons (Fsp3) is 0.385. The van der Waals surface area contributed by atoms with Crippen molar-refractivity contribution in [2.75, 3.05) is 25.0 Å². The summed E-state index contributed by atoms with van der Waals surface area (Å²) in [6.07, 6.45) is 0.739. The van der Waals surface area contributed by atoms with Gasteiger partial charge in [-0.2, -0.15) is 0 Å². The number of hydrogen-bond donors (Lipinski definition) is 2. The monoisotopic (exact) mass is 338 g/mol. The van der Waals surface area contributed by atoms with Crippen LogP contribution in [0.2, 0.25) is 5.02 Å². The number of carboxylic acid groups (broad SMARTS) is 1. The summed E-state index contributed by atoms with van der Waals surface area (Å²) >= 11 is 5.61. The van der Waals surface area contributed by atoms with Gasteiger partial charge >= 0.3 is 5.97 Å². The zero-order valence-electron chi connectivity index (χ0n) is 11.4. The van der Waals surface area contributed by atoms with E-state index in [1.54, 1.807) is 0 Å². The van der Waals surface area contributed by atoms with Gasteiger partial charge in [-0.3, -0.25) is 14.5 Å². The lowest BCUT2D eigenvalue weighted by Gasteiger charge is -2.18. The van der Waals surface area contributed by atoms with E-state index in [9.17, 15) is 14.0 Å². The van der Waals surface area contributed by atoms with Gasteiger partial charge in [0.2, 0.25) is 5.91 Å². The van der Waals surface area contributed by atoms with Gasteiger partial charge in [0.05, 0.1) is 18.1 Å². The summed E-state index contributed by atoms with van der Waals surface area (Å²) in [7, 11) is 0. The maximum absolute atomic E-state index is 13.0. The van der Waals surface area contributed by atoms with E-state index in [0.29, 0.717) is 12.2 Å². The first-order chi connectivity index (χ1) is 9.42. The number of nitrogens with one attached hydrogen (secondary N) is 1. The van der Waals surface area contributed by atoms with E-state index < -0.39 is 11.8 Å². The van der Waals surface area contributed by atoms with Crippen LogP contribution in [-0.4, -0.2) is 41.5 Å². The molecule has 0 atom stereocenters. The predicted molar refractivity (Wildman–Crippen MR) is 81.7 cm³/mol. The summed E-state index contributed by atoms with van der Waals surface area (Å²) < 4.78 is 13.0. The first-order valence-electron chi connectivity index (χ1n) is 6.11. The maximum atomic E-state index is 13.0. The van der Waals surface area contributed by atoms with E-state index in [1.807, 2.05) is 6.92 Å². The van der Waals surface area contributed by atoms with Crippen LogP contribution in [0.25, 0.3) is 0 Å². The Morgan fingerprint density at radius 2 is 2.05 bits per heavy atom. The van der Waals surface area contributed by atoms with Crippen LogP contribution in [0, 0.1) is 5.82 Å². The van der Waals surface area contributed by atoms with Gasteiger partial charge in [0, 0.05) is 5.69 Å². The lowest BCUT2D eigenvalue weighted by molar-refractivity contribution is -0.138. The average Bonchev–Trinajstić information content (AvgIpc) is 2.33. The first-order valence-corrected chi connectivity index (χ1v) is 6.49. The van der Waals surface area contributed by atoms with Crippen molar-refractivity contribution in [2.24, 2.45) is 0 Å². The Morgan fingerprint density at radius 3 is 2.57 bits per heavy atom. The number of benzene rings is 1. The Balaban J connectivity index is 0.00000400. The van der Waals surface area contributed by atoms with Crippen LogP contribution in [0.15, 0.2) is 18.2 Å². The number of nitrogens with zero attached hydrogens (tertiary/aromatic N) is 1. The van der Waals surface area contributed by atoms with E-state index in [-0.39, 0.29) is 36.4 Å². The molecule has 8 heteroatoms. The number of hydrogen-bond acceptors (Lipinski definition) is 3. The minimum absolute atomic E-state index is 0. The summed E-state index contributed by atoms with van der Waals surface area (Å²) in [5.74, 6) is -1.93. The second kappa shape index (κ2) is 9.55. The van der Waals surface area contributed by atoms with E-state index in [1.165, 1.54) is 17.0 Å². The molecule has 2 N–H and O–H groups in total. The molecule has 1 aromatic rings. The number of rotatable bonds is 7. The van der Waals surface area contributed by atoms with Crippen LogP contribution in [0.4, 0.5) is 10.1 Å². The molecular formula is C13H17Cl2FN2O3. The molecule has 1 aromatic carbocycles. The third-order valence-corrected chi connectivity index (χ3v) is 2.76. The SMILES string of the molecule is CCCN(CC(=O)O)CC(=O)Nc1ccc(F)c(Cl)c1.Cl. The van der Waals surface area contributed by atoms with Crippen LogP contribution >= 0.6 is 24.0 Å². The van der Waals surface area contributed by atoms with E-state index in [0.717, 1.165) is 12.5 Å². The van der Waals surface area contributed by atoms with Crippen LogP contribution in [0.5, 0.6) is 0 Å². The number of carbonyl (C=O) groups excluding carboxylic acids is 1. The fourth-order valence-electron chi connectivity index (χ4n) is 1.70. The predicted octanol–water partition coefficient (Wildman–Crippen LogP) is 2.64. The second-order valence-corrected chi connectivity index (χ2v) is 4.69. The minimum Gasteiger partial charge on any atom is -0.480 e. The molecule has 0 unspecified atom stereocenters. The van der Waals surface area contributed by atoms with Gasteiger partial charge in [0.15, 0.2) is 0 Å². The van der Waals surface area contributed by atoms with Crippen molar-refractivity contribution in [3.63, 3.8) is 0 Å². The number of amides is 1. The minimum atomic E-state index is -0.990. The number of carboxylic acids is 1. The summed E-state index contributed by atoms with van der Waals surface area (Å²) in [5, 5.41) is 11.2. The van der Waals surface area contributed by atoms with Crippen molar-refractivity contribution in [2.45, 2.75) is 13.3 Å². The molecule has 0 spiro atoms. The molecule has 21 heavy (non-hydrogen) atoms. The van der Waals surface area contributed by atoms with E-state index in [4.69, 9.17) is 16.7 Å². The second-order valence-electron chi connectivity index (χ2n) is 4.28. The molecule has 0 fully saturated rings. The quantitative estimate of drug-likeness (QED) is 0.801. The molecule has 0 bridgehead atoms. The van der Waals surface area contributed by atoms with Crippen LogP contribution in [0.3, 0.4) is 0 Å². The zero-order chi connectivity index (χ0) is 15.1. The Bertz CT molecular complexity index is 500. The Kier molecular flexibility index (Phi) is 8.92. The van der Waals surface area contributed by atoms with Crippen molar-refractivity contribution in [1.82, 2.24) is 4.90 Å². The van der Waals surface area contributed by atoms with Gasteiger partial charge in [-0.1, -0.05) is 18.5 Å². The largest absolute Gasteiger partial charge is 0.480 e. The molecule has 0 aromatic heterocycles. The number of halogens is 3. The highest BCUT2D eigenvalue weighted by Crippen LogP contribution is 2.19. The summed E-state index contributed by atoms with van der Waals surface area (Å²) in [4.78, 5) is 24.0. The molecule has 0 saturated heterocycles. The van der Waals surface area contributed by atoms with Crippen LogP contribution in [0.1, 0.15) is 13.3 Å². The highest BCUT2D eigenvalue weighted by molar-refractivity contribution is 6.31. The van der Waals surface area contributed by atoms with Crippen molar-refractivity contribution >= 4 is 41.6 Å². The fourth-order valence-corrected chi connectivity index (χ4v) is 1.88. The van der Waals surface area contributed by atoms with Gasteiger partial charge in [-0.05, 0) is 31.2 Å². The summed E-state index contributed by atoms with van der Waals surface area (Å²) in [6, 6.07) is 3.84. The van der Waals surface area contributed by atoms with Crippen LogP contribution in [-0.2, 0) is 9.59 Å². The van der Waals surface area contributed by atoms with Crippen molar-refractivity contribution in [3.05, 3.63) is 29.0 Å². The molecule has 0 aliphatic rings. The molecule has 0 heterocycles. The number of anilines is 1. The standard InChI is InChI=1S/C13H16ClFN2O3.ClH/c1-2-5-17(8-13(19)20)7-12(18)16-9-3-4-11(15)10(14)6-9;/h3-4,6H,2,5,7-8H2,1H3,(H,16,18)(H,19,20);1H. The third-order valence-electron chi connectivity index (χ3n) is 2.47. The van der Waals surface area contributed by atoms with E-state index >= 15 is 0 Å². The number of carbonyl (C=O) groups is 2. The number of aliphatic carboxylic acids is 1. The lowest BCUT2D eigenvalue weighted by atomic mass is 10.3. The van der Waals surface area contributed by atoms with Crippen molar-refractivity contribution in [3.8, 4) is 0 Å². The molecule has 0 radical (unpaired) electrons. The highest BCUT2D eigenvalue weighted by atomic mass is 35.5. The first kappa shape index (κ1) is 19.6. The van der Waals surface area contributed by atoms with Gasteiger partial charge in [0.25, 0.3) is 0 Å². The Labute approximate surface area is 133 Å². The lowest BCUT2D eigenvalue weighted by Crippen LogP contribution is -2.37. The van der Waals surface area contributed by atoms with Crippen LogP contribution < -0.4 is 5.32 Å². The normalized spacial score (nSPS) is 10.1. The van der Waals surface area contributed by atoms with Gasteiger partial charge in [-0.15, -0.1) is 12.4 Å². The van der Waals surface area contributed by atoms with E-state index in [2.05, 4.69) is 5.32 Å². The highest BCUT2D eigenvalue weighted by Gasteiger charge is 2.13.